The molecule has 1 fully saturated rings. The van der Waals surface area contributed by atoms with E-state index in [-0.39, 0.29) is 29.7 Å². The third-order valence-corrected chi connectivity index (χ3v) is 7.51. The first-order valence-electron chi connectivity index (χ1n) is 13.1. The standard InChI is InChI=1S/C28H25F3N4O6/c29-28(30,31)21-22(14-5-2-1-3-6-14)34-40-24(21)26-33-25(35-41-26)15-9-10-18-20(12-15)39-13-19(23(18)36)32-17-8-4-7-16(11-17)27(37)38/h1-3,5-6,9-10,12,16-17,19,23,32,36H,4,7-8,11,13H2,(H,37,38)/t16-,17+,19+,23-/m1/s1. The fraction of sp³-hybridized carbons (Fsp3) is 0.357. The number of fused-ring (bicyclic) bond motifs is 1. The van der Waals surface area contributed by atoms with Crippen LogP contribution < -0.4 is 10.1 Å². The zero-order valence-corrected chi connectivity index (χ0v) is 21.5. The number of aromatic nitrogens is 3. The van der Waals surface area contributed by atoms with Crippen LogP contribution in [0.25, 0.3) is 34.3 Å². The van der Waals surface area contributed by atoms with E-state index in [0.717, 1.165) is 12.8 Å². The predicted molar refractivity (Wildman–Crippen MR) is 136 cm³/mol. The maximum absolute atomic E-state index is 14.0. The van der Waals surface area contributed by atoms with E-state index >= 15 is 0 Å². The molecule has 3 N–H and O–H groups in total. The van der Waals surface area contributed by atoms with Crippen LogP contribution in [-0.4, -0.2) is 50.2 Å². The van der Waals surface area contributed by atoms with Crippen LogP contribution in [0.3, 0.4) is 0 Å². The summed E-state index contributed by atoms with van der Waals surface area (Å²) in [5.41, 5.74) is -0.391. The molecule has 0 spiro atoms. The number of hydrogen-bond acceptors (Lipinski definition) is 9. The van der Waals surface area contributed by atoms with E-state index in [4.69, 9.17) is 13.8 Å². The van der Waals surface area contributed by atoms with Gasteiger partial charge in [0.1, 0.15) is 29.7 Å². The Bertz CT molecular complexity index is 1550. The summed E-state index contributed by atoms with van der Waals surface area (Å²) in [7, 11) is 0. The number of carboxylic acid groups (broad SMARTS) is 1. The number of ether oxygens (including phenoxy) is 1. The molecule has 1 aliphatic carbocycles. The van der Waals surface area contributed by atoms with Gasteiger partial charge in [-0.2, -0.15) is 18.2 Å². The van der Waals surface area contributed by atoms with Gasteiger partial charge in [0.15, 0.2) is 0 Å². The first kappa shape index (κ1) is 27.0. The van der Waals surface area contributed by atoms with Crippen LogP contribution in [0.15, 0.2) is 57.6 Å². The predicted octanol–water partition coefficient (Wildman–Crippen LogP) is 5.10. The topological polar surface area (TPSA) is 144 Å². The van der Waals surface area contributed by atoms with Crippen LogP contribution in [0.5, 0.6) is 5.75 Å². The van der Waals surface area contributed by atoms with Crippen LogP contribution in [-0.2, 0) is 11.0 Å². The van der Waals surface area contributed by atoms with E-state index in [1.54, 1.807) is 36.4 Å². The highest BCUT2D eigenvalue weighted by Crippen LogP contribution is 2.43. The molecule has 10 nitrogen and oxygen atoms in total. The maximum Gasteiger partial charge on any atom is 0.422 e. The Labute approximate surface area is 231 Å². The number of halogens is 3. The van der Waals surface area contributed by atoms with Gasteiger partial charge in [0, 0.05) is 22.7 Å². The largest absolute Gasteiger partial charge is 0.491 e. The normalized spacial score (nSPS) is 22.6. The van der Waals surface area contributed by atoms with Gasteiger partial charge in [-0.3, -0.25) is 4.79 Å². The van der Waals surface area contributed by atoms with Gasteiger partial charge in [-0.15, -0.1) is 0 Å². The van der Waals surface area contributed by atoms with Crippen molar-refractivity contribution in [3.05, 3.63) is 59.7 Å². The number of benzene rings is 2. The highest BCUT2D eigenvalue weighted by Gasteiger charge is 2.43. The van der Waals surface area contributed by atoms with Gasteiger partial charge in [-0.1, -0.05) is 59.2 Å². The third kappa shape index (κ3) is 5.30. The molecular weight excluding hydrogens is 545 g/mol. The molecule has 13 heteroatoms. The fourth-order valence-corrected chi connectivity index (χ4v) is 5.46. The first-order chi connectivity index (χ1) is 19.7. The van der Waals surface area contributed by atoms with Crippen molar-refractivity contribution >= 4 is 5.97 Å². The Hall–Kier alpha value is -4.23. The van der Waals surface area contributed by atoms with E-state index in [1.165, 1.54) is 12.1 Å². The van der Waals surface area contributed by atoms with E-state index in [2.05, 4.69) is 20.6 Å². The van der Waals surface area contributed by atoms with Crippen molar-refractivity contribution in [2.75, 3.05) is 6.61 Å². The zero-order chi connectivity index (χ0) is 28.7. The smallest absolute Gasteiger partial charge is 0.422 e. The highest BCUT2D eigenvalue weighted by molar-refractivity contribution is 5.71. The van der Waals surface area contributed by atoms with Crippen molar-refractivity contribution in [2.24, 2.45) is 5.92 Å². The van der Waals surface area contributed by atoms with E-state index in [9.17, 15) is 28.2 Å². The summed E-state index contributed by atoms with van der Waals surface area (Å²) < 4.78 is 58.2. The molecule has 1 aliphatic heterocycles. The lowest BCUT2D eigenvalue weighted by molar-refractivity contribution is -0.143. The minimum Gasteiger partial charge on any atom is -0.491 e. The highest BCUT2D eigenvalue weighted by atomic mass is 19.4. The number of alkyl halides is 3. The summed E-state index contributed by atoms with van der Waals surface area (Å²) in [6.45, 7) is 0.138. The SMILES string of the molecule is O=C(O)[C@@H]1CCC[C@H](N[C@H]2COc3cc(-c4noc(-c5onc(-c6ccccc6)c5C(F)(F)F)n4)ccc3[C@H]2O)C1. The Morgan fingerprint density at radius 1 is 1.02 bits per heavy atom. The molecular formula is C28H25F3N4O6. The van der Waals surface area contributed by atoms with E-state index in [1.807, 2.05) is 0 Å². The molecule has 0 radical (unpaired) electrons. The molecule has 3 heterocycles. The molecule has 2 aromatic heterocycles. The number of rotatable bonds is 6. The van der Waals surface area contributed by atoms with Gasteiger partial charge in [0.2, 0.25) is 11.6 Å². The number of nitrogens with one attached hydrogen (secondary N) is 1. The molecule has 4 atom stereocenters. The molecule has 2 aromatic carbocycles. The summed E-state index contributed by atoms with van der Waals surface area (Å²) in [4.78, 5) is 15.5. The zero-order valence-electron chi connectivity index (χ0n) is 21.5. The van der Waals surface area contributed by atoms with Crippen LogP contribution in [0.4, 0.5) is 13.2 Å². The van der Waals surface area contributed by atoms with E-state index < -0.39 is 47.4 Å². The van der Waals surface area contributed by atoms with Crippen molar-refractivity contribution in [1.82, 2.24) is 20.6 Å². The van der Waals surface area contributed by atoms with Gasteiger partial charge in [-0.05, 0) is 25.3 Å². The number of aliphatic hydroxyl groups excluding tert-OH is 1. The molecule has 6 rings (SSSR count). The number of aliphatic hydroxyl groups is 1. The summed E-state index contributed by atoms with van der Waals surface area (Å²) >= 11 is 0. The number of hydrogen-bond donors (Lipinski definition) is 3. The van der Waals surface area contributed by atoms with Crippen LogP contribution in [0.2, 0.25) is 0 Å². The maximum atomic E-state index is 14.0. The third-order valence-electron chi connectivity index (χ3n) is 7.51. The molecule has 0 bridgehead atoms. The number of aliphatic carboxylic acids is 1. The Kier molecular flexibility index (Phi) is 6.99. The molecule has 214 valence electrons. The molecule has 1 saturated carbocycles. The minimum atomic E-state index is -4.80. The Morgan fingerprint density at radius 3 is 2.59 bits per heavy atom. The van der Waals surface area contributed by atoms with Crippen molar-refractivity contribution in [3.8, 4) is 40.0 Å². The Morgan fingerprint density at radius 2 is 1.83 bits per heavy atom. The second kappa shape index (κ2) is 10.6. The number of carbonyl (C=O) groups is 1. The Balaban J connectivity index is 1.22. The lowest BCUT2D eigenvalue weighted by Gasteiger charge is -2.36. The van der Waals surface area contributed by atoms with Gasteiger partial charge in [0.25, 0.3) is 5.89 Å². The average Bonchev–Trinajstić information content (AvgIpc) is 3.63. The molecule has 4 aromatic rings. The van der Waals surface area contributed by atoms with Crippen molar-refractivity contribution in [1.29, 1.82) is 0 Å². The monoisotopic (exact) mass is 570 g/mol. The quantitative estimate of drug-likeness (QED) is 0.286. The molecule has 0 saturated heterocycles. The molecule has 0 amide bonds. The molecule has 0 unspecified atom stereocenters. The van der Waals surface area contributed by atoms with Gasteiger partial charge in [0.05, 0.1) is 12.0 Å². The minimum absolute atomic E-state index is 0.00570. The summed E-state index contributed by atoms with van der Waals surface area (Å²) in [6.07, 6.45) is -2.99. The second-order valence-corrected chi connectivity index (χ2v) is 10.2. The molecule has 2 aliphatic rings. The number of carboxylic acids is 1. The second-order valence-electron chi connectivity index (χ2n) is 10.2. The lowest BCUT2D eigenvalue weighted by atomic mass is 9.85. The first-order valence-corrected chi connectivity index (χ1v) is 13.1. The average molecular weight is 571 g/mol. The summed E-state index contributed by atoms with van der Waals surface area (Å²) in [5.74, 6) is -2.04. The van der Waals surface area contributed by atoms with Crippen molar-refractivity contribution in [2.45, 2.75) is 50.0 Å². The lowest BCUT2D eigenvalue weighted by Crippen LogP contribution is -2.49. The van der Waals surface area contributed by atoms with Crippen molar-refractivity contribution < 1.29 is 42.0 Å². The summed E-state index contributed by atoms with van der Waals surface area (Å²) in [5, 5.41) is 31.2. The van der Waals surface area contributed by atoms with Crippen LogP contribution >= 0.6 is 0 Å². The summed E-state index contributed by atoms with van der Waals surface area (Å²) in [6, 6.07) is 12.1. The molecule has 41 heavy (non-hydrogen) atoms. The van der Waals surface area contributed by atoms with Gasteiger partial charge in [-0.25, -0.2) is 0 Å². The van der Waals surface area contributed by atoms with Crippen LogP contribution in [0.1, 0.15) is 42.9 Å². The van der Waals surface area contributed by atoms with Crippen molar-refractivity contribution in [3.63, 3.8) is 0 Å². The fourth-order valence-electron chi connectivity index (χ4n) is 5.46. The number of nitrogens with zero attached hydrogens (tertiary/aromatic N) is 3. The van der Waals surface area contributed by atoms with Crippen LogP contribution in [0, 0.1) is 5.92 Å². The van der Waals surface area contributed by atoms with Gasteiger partial charge >= 0.3 is 12.1 Å². The van der Waals surface area contributed by atoms with E-state index in [0.29, 0.717) is 29.7 Å². The van der Waals surface area contributed by atoms with Gasteiger partial charge < -0.3 is 29.3 Å².